The van der Waals surface area contributed by atoms with Gasteiger partial charge in [-0.3, -0.25) is 0 Å². The van der Waals surface area contributed by atoms with Crippen LogP contribution in [0.3, 0.4) is 0 Å². The normalized spacial score (nSPS) is 10.5. The molecule has 0 saturated carbocycles. The van der Waals surface area contributed by atoms with Gasteiger partial charge >= 0.3 is 0 Å². The third-order valence-corrected chi connectivity index (χ3v) is 3.05. The predicted octanol–water partition coefficient (Wildman–Crippen LogP) is 1.05. The molecule has 0 aliphatic heterocycles. The Balaban J connectivity index is 2.08. The van der Waals surface area contributed by atoms with Crippen molar-refractivity contribution in [2.75, 3.05) is 17.2 Å². The first-order valence-electron chi connectivity index (χ1n) is 4.98. The van der Waals surface area contributed by atoms with Crippen LogP contribution in [0, 0.1) is 5.82 Å². The SMILES string of the molecule is Nc1nc(N)nc(CSc2ccc(N)c(F)c2)n1. The highest BCUT2D eigenvalue weighted by Gasteiger charge is 2.05. The summed E-state index contributed by atoms with van der Waals surface area (Å²) < 4.78 is 13.2. The summed E-state index contributed by atoms with van der Waals surface area (Å²) in [5, 5.41) is 0. The number of nitrogens with two attached hydrogens (primary N) is 3. The van der Waals surface area contributed by atoms with Crippen molar-refractivity contribution in [1.29, 1.82) is 0 Å². The van der Waals surface area contributed by atoms with Gasteiger partial charge < -0.3 is 17.2 Å². The second-order valence-corrected chi connectivity index (χ2v) is 4.49. The summed E-state index contributed by atoms with van der Waals surface area (Å²) in [6, 6.07) is 4.58. The maximum atomic E-state index is 13.2. The van der Waals surface area contributed by atoms with E-state index in [1.807, 2.05) is 0 Å². The second-order valence-electron chi connectivity index (χ2n) is 3.44. The van der Waals surface area contributed by atoms with Crippen LogP contribution in [-0.4, -0.2) is 15.0 Å². The summed E-state index contributed by atoms with van der Waals surface area (Å²) in [5.74, 6) is 0.556. The zero-order valence-electron chi connectivity index (χ0n) is 9.30. The van der Waals surface area contributed by atoms with Gasteiger partial charge in [-0.2, -0.15) is 15.0 Å². The van der Waals surface area contributed by atoms with Crippen LogP contribution in [0.4, 0.5) is 22.0 Å². The summed E-state index contributed by atoms with van der Waals surface area (Å²) in [6.45, 7) is 0. The molecule has 2 rings (SSSR count). The summed E-state index contributed by atoms with van der Waals surface area (Å²) in [5.41, 5.74) is 16.4. The summed E-state index contributed by atoms with van der Waals surface area (Å²) in [6.07, 6.45) is 0. The number of benzene rings is 1. The average Bonchev–Trinajstić information content (AvgIpc) is 2.29. The zero-order chi connectivity index (χ0) is 13.1. The molecule has 0 atom stereocenters. The summed E-state index contributed by atoms with van der Waals surface area (Å²) >= 11 is 1.35. The van der Waals surface area contributed by atoms with E-state index in [4.69, 9.17) is 17.2 Å². The Morgan fingerprint density at radius 2 is 1.72 bits per heavy atom. The molecule has 8 heteroatoms. The maximum Gasteiger partial charge on any atom is 0.225 e. The minimum Gasteiger partial charge on any atom is -0.396 e. The van der Waals surface area contributed by atoms with Crippen LogP contribution in [0.25, 0.3) is 0 Å². The van der Waals surface area contributed by atoms with Gasteiger partial charge in [0.1, 0.15) is 11.6 Å². The lowest BCUT2D eigenvalue weighted by Gasteiger charge is -2.03. The fourth-order valence-electron chi connectivity index (χ4n) is 1.27. The van der Waals surface area contributed by atoms with E-state index in [0.717, 1.165) is 4.90 Å². The second kappa shape index (κ2) is 5.05. The average molecular weight is 266 g/mol. The zero-order valence-corrected chi connectivity index (χ0v) is 10.1. The Morgan fingerprint density at radius 1 is 1.06 bits per heavy atom. The molecular weight excluding hydrogens is 255 g/mol. The lowest BCUT2D eigenvalue weighted by atomic mass is 10.3. The van der Waals surface area contributed by atoms with E-state index >= 15 is 0 Å². The summed E-state index contributed by atoms with van der Waals surface area (Å²) in [7, 11) is 0. The molecule has 18 heavy (non-hydrogen) atoms. The van der Waals surface area contributed by atoms with Gasteiger partial charge in [0.25, 0.3) is 0 Å². The molecule has 0 fully saturated rings. The third kappa shape index (κ3) is 2.98. The van der Waals surface area contributed by atoms with Gasteiger partial charge in [-0.15, -0.1) is 11.8 Å². The number of nitrogen functional groups attached to an aromatic ring is 3. The molecule has 1 heterocycles. The van der Waals surface area contributed by atoms with Crippen molar-refractivity contribution in [2.24, 2.45) is 0 Å². The van der Waals surface area contributed by atoms with Crippen molar-refractivity contribution in [3.8, 4) is 0 Å². The Kier molecular flexibility index (Phi) is 3.47. The van der Waals surface area contributed by atoms with Gasteiger partial charge in [-0.25, -0.2) is 4.39 Å². The molecule has 6 N–H and O–H groups in total. The molecule has 1 aromatic heterocycles. The van der Waals surface area contributed by atoms with E-state index < -0.39 is 5.82 Å². The molecule has 0 radical (unpaired) electrons. The lowest BCUT2D eigenvalue weighted by Crippen LogP contribution is -2.05. The van der Waals surface area contributed by atoms with Crippen LogP contribution >= 0.6 is 11.8 Å². The van der Waals surface area contributed by atoms with Gasteiger partial charge in [-0.1, -0.05) is 0 Å². The first kappa shape index (κ1) is 12.4. The van der Waals surface area contributed by atoms with Crippen LogP contribution in [-0.2, 0) is 5.75 Å². The number of nitrogens with zero attached hydrogens (tertiary/aromatic N) is 3. The number of aromatic nitrogens is 3. The van der Waals surface area contributed by atoms with E-state index in [1.165, 1.54) is 23.9 Å². The van der Waals surface area contributed by atoms with Crippen molar-refractivity contribution in [3.63, 3.8) is 0 Å². The molecule has 0 saturated heterocycles. The van der Waals surface area contributed by atoms with Gasteiger partial charge in [0.05, 0.1) is 11.4 Å². The Labute approximate surface area is 107 Å². The largest absolute Gasteiger partial charge is 0.396 e. The topological polar surface area (TPSA) is 117 Å². The molecule has 1 aromatic carbocycles. The first-order valence-corrected chi connectivity index (χ1v) is 5.97. The van der Waals surface area contributed by atoms with Crippen molar-refractivity contribution >= 4 is 29.3 Å². The maximum absolute atomic E-state index is 13.2. The molecular formula is C10H11FN6S. The van der Waals surface area contributed by atoms with E-state index in [0.29, 0.717) is 11.6 Å². The Hall–Kier alpha value is -2.09. The molecule has 0 amide bonds. The number of hydrogen-bond donors (Lipinski definition) is 3. The molecule has 94 valence electrons. The molecule has 0 aliphatic carbocycles. The van der Waals surface area contributed by atoms with Crippen LogP contribution in [0.15, 0.2) is 23.1 Å². The van der Waals surface area contributed by atoms with Crippen molar-refractivity contribution in [3.05, 3.63) is 29.8 Å². The van der Waals surface area contributed by atoms with Crippen LogP contribution in [0.5, 0.6) is 0 Å². The Morgan fingerprint density at radius 3 is 2.33 bits per heavy atom. The van der Waals surface area contributed by atoms with Crippen LogP contribution in [0.2, 0.25) is 0 Å². The first-order chi connectivity index (χ1) is 8.54. The molecule has 6 nitrogen and oxygen atoms in total. The van der Waals surface area contributed by atoms with Crippen molar-refractivity contribution < 1.29 is 4.39 Å². The van der Waals surface area contributed by atoms with E-state index in [2.05, 4.69) is 15.0 Å². The predicted molar refractivity (Wildman–Crippen MR) is 69.0 cm³/mol. The Bertz CT molecular complexity index is 556. The fourth-order valence-corrected chi connectivity index (χ4v) is 2.04. The quantitative estimate of drug-likeness (QED) is 0.561. The molecule has 2 aromatic rings. The minimum atomic E-state index is -0.449. The smallest absolute Gasteiger partial charge is 0.225 e. The molecule has 0 unspecified atom stereocenters. The van der Waals surface area contributed by atoms with Crippen molar-refractivity contribution in [1.82, 2.24) is 15.0 Å². The monoisotopic (exact) mass is 266 g/mol. The molecule has 0 bridgehead atoms. The van der Waals surface area contributed by atoms with Gasteiger partial charge in [0, 0.05) is 4.90 Å². The highest BCUT2D eigenvalue weighted by molar-refractivity contribution is 7.98. The number of rotatable bonds is 3. The van der Waals surface area contributed by atoms with Crippen LogP contribution < -0.4 is 17.2 Å². The van der Waals surface area contributed by atoms with E-state index in [9.17, 15) is 4.39 Å². The highest BCUT2D eigenvalue weighted by Crippen LogP contribution is 2.24. The van der Waals surface area contributed by atoms with E-state index in [1.54, 1.807) is 6.07 Å². The molecule has 0 aliphatic rings. The third-order valence-electron chi connectivity index (χ3n) is 2.06. The number of halogens is 1. The standard InChI is InChI=1S/C10H11FN6S/c11-6-3-5(1-2-7(6)12)18-4-8-15-9(13)17-10(14)16-8/h1-3H,4,12H2,(H4,13,14,15,16,17). The highest BCUT2D eigenvalue weighted by atomic mass is 32.2. The minimum absolute atomic E-state index is 0.0709. The molecule has 0 spiro atoms. The van der Waals surface area contributed by atoms with Gasteiger partial charge in [-0.05, 0) is 18.2 Å². The number of anilines is 3. The number of thioether (sulfide) groups is 1. The van der Waals surface area contributed by atoms with Crippen LogP contribution in [0.1, 0.15) is 5.82 Å². The van der Waals surface area contributed by atoms with Gasteiger partial charge in [0.15, 0.2) is 0 Å². The lowest BCUT2D eigenvalue weighted by molar-refractivity contribution is 0.629. The fraction of sp³-hybridized carbons (Fsp3) is 0.100. The van der Waals surface area contributed by atoms with Crippen molar-refractivity contribution in [2.45, 2.75) is 10.6 Å². The van der Waals surface area contributed by atoms with E-state index in [-0.39, 0.29) is 17.6 Å². The number of hydrogen-bond acceptors (Lipinski definition) is 7. The van der Waals surface area contributed by atoms with Gasteiger partial charge in [0.2, 0.25) is 11.9 Å². The summed E-state index contributed by atoms with van der Waals surface area (Å²) in [4.78, 5) is 12.2.